The molecule has 0 spiro atoms. The highest BCUT2D eigenvalue weighted by Crippen LogP contribution is 2.32. The minimum atomic E-state index is -3.28. The molecule has 2 aliphatic heterocycles. The second-order valence-electron chi connectivity index (χ2n) is 6.06. The molecule has 0 bridgehead atoms. The first-order valence-electron chi connectivity index (χ1n) is 6.86. The van der Waals surface area contributed by atoms with Crippen molar-refractivity contribution in [3.05, 3.63) is 0 Å². The quantitative estimate of drug-likeness (QED) is 0.827. The summed E-state index contributed by atoms with van der Waals surface area (Å²) in [5, 5.41) is 0. The zero-order chi connectivity index (χ0) is 13.4. The molecule has 0 amide bonds. The zero-order valence-corrected chi connectivity index (χ0v) is 12.2. The van der Waals surface area contributed by atoms with Crippen molar-refractivity contribution >= 4 is 10.2 Å². The Hall–Kier alpha value is -0.170. The van der Waals surface area contributed by atoms with Gasteiger partial charge in [0.05, 0.1) is 0 Å². The van der Waals surface area contributed by atoms with Crippen LogP contribution in [0.4, 0.5) is 0 Å². The summed E-state index contributed by atoms with van der Waals surface area (Å²) < 4.78 is 28.5. The predicted molar refractivity (Wildman–Crippen MR) is 72.3 cm³/mol. The molecule has 0 aromatic heterocycles. The molecule has 18 heavy (non-hydrogen) atoms. The van der Waals surface area contributed by atoms with Crippen molar-refractivity contribution in [1.29, 1.82) is 0 Å². The molecule has 2 rings (SSSR count). The molecule has 2 saturated heterocycles. The molecular weight excluding hydrogens is 250 g/mol. The molecule has 0 aliphatic carbocycles. The first-order chi connectivity index (χ1) is 8.39. The first kappa shape index (κ1) is 14.2. The van der Waals surface area contributed by atoms with Crippen LogP contribution in [0.3, 0.4) is 0 Å². The highest BCUT2D eigenvalue weighted by atomic mass is 32.2. The van der Waals surface area contributed by atoms with Crippen LogP contribution < -0.4 is 5.73 Å². The summed E-state index contributed by atoms with van der Waals surface area (Å²) in [6.45, 7) is 6.47. The van der Waals surface area contributed by atoms with Crippen LogP contribution in [0.2, 0.25) is 0 Å². The van der Waals surface area contributed by atoms with Crippen LogP contribution in [-0.2, 0) is 10.2 Å². The Bertz CT molecular complexity index is 398. The Kier molecular flexibility index (Phi) is 4.02. The molecule has 0 radical (unpaired) electrons. The molecule has 6 heteroatoms. The molecule has 106 valence electrons. The van der Waals surface area contributed by atoms with Crippen LogP contribution in [0, 0.1) is 5.41 Å². The molecule has 0 saturated carbocycles. The summed E-state index contributed by atoms with van der Waals surface area (Å²) in [6.07, 6.45) is 3.95. The lowest BCUT2D eigenvalue weighted by molar-refractivity contribution is 0.245. The van der Waals surface area contributed by atoms with Gasteiger partial charge in [-0.3, -0.25) is 0 Å². The van der Waals surface area contributed by atoms with E-state index < -0.39 is 10.2 Å². The first-order valence-corrected chi connectivity index (χ1v) is 8.26. The Morgan fingerprint density at radius 3 is 2.61 bits per heavy atom. The van der Waals surface area contributed by atoms with Crippen LogP contribution >= 0.6 is 0 Å². The Morgan fingerprint density at radius 2 is 2.06 bits per heavy atom. The van der Waals surface area contributed by atoms with Gasteiger partial charge >= 0.3 is 0 Å². The highest BCUT2D eigenvalue weighted by molar-refractivity contribution is 7.86. The van der Waals surface area contributed by atoms with E-state index in [1.54, 1.807) is 8.61 Å². The minimum Gasteiger partial charge on any atom is -0.330 e. The molecule has 2 heterocycles. The number of rotatable bonds is 3. The highest BCUT2D eigenvalue weighted by Gasteiger charge is 2.42. The molecule has 0 aromatic carbocycles. The standard InChI is InChI=1S/C12H25N3O2S/c1-11-5-3-4-7-15(11)18(16,17)14-8-6-12(2,9-13)10-14/h11H,3-10,13H2,1-2H3. The number of piperidine rings is 1. The summed E-state index contributed by atoms with van der Waals surface area (Å²) in [4.78, 5) is 0. The zero-order valence-electron chi connectivity index (χ0n) is 11.4. The normalized spacial score (nSPS) is 36.1. The number of hydrogen-bond donors (Lipinski definition) is 1. The van der Waals surface area contributed by atoms with Crippen molar-refractivity contribution in [3.8, 4) is 0 Å². The largest absolute Gasteiger partial charge is 0.330 e. The summed E-state index contributed by atoms with van der Waals surface area (Å²) in [5.41, 5.74) is 5.69. The number of hydrogen-bond acceptors (Lipinski definition) is 3. The van der Waals surface area contributed by atoms with Crippen molar-refractivity contribution in [3.63, 3.8) is 0 Å². The maximum absolute atomic E-state index is 12.6. The van der Waals surface area contributed by atoms with E-state index >= 15 is 0 Å². The Labute approximate surface area is 110 Å². The third-order valence-corrected chi connectivity index (χ3v) is 6.48. The van der Waals surface area contributed by atoms with Crippen molar-refractivity contribution in [2.24, 2.45) is 11.1 Å². The number of nitrogens with zero attached hydrogens (tertiary/aromatic N) is 2. The van der Waals surface area contributed by atoms with E-state index in [1.807, 2.05) is 6.92 Å². The lowest BCUT2D eigenvalue weighted by Crippen LogP contribution is -2.49. The van der Waals surface area contributed by atoms with E-state index in [0.717, 1.165) is 25.7 Å². The van der Waals surface area contributed by atoms with Gasteiger partial charge in [-0.05, 0) is 38.1 Å². The van der Waals surface area contributed by atoms with Crippen molar-refractivity contribution in [1.82, 2.24) is 8.61 Å². The molecule has 2 atom stereocenters. The van der Waals surface area contributed by atoms with Gasteiger partial charge in [0.2, 0.25) is 0 Å². The van der Waals surface area contributed by atoms with Gasteiger partial charge in [0.1, 0.15) is 0 Å². The summed E-state index contributed by atoms with van der Waals surface area (Å²) in [6, 6.07) is 0.133. The average molecular weight is 275 g/mol. The van der Waals surface area contributed by atoms with Crippen LogP contribution in [0.25, 0.3) is 0 Å². The van der Waals surface area contributed by atoms with Crippen molar-refractivity contribution < 1.29 is 8.42 Å². The third-order valence-electron chi connectivity index (χ3n) is 4.38. The Balaban J connectivity index is 2.12. The van der Waals surface area contributed by atoms with Crippen LogP contribution in [0.1, 0.15) is 39.5 Å². The second kappa shape index (κ2) is 5.07. The van der Waals surface area contributed by atoms with E-state index in [4.69, 9.17) is 5.73 Å². The summed E-state index contributed by atoms with van der Waals surface area (Å²) >= 11 is 0. The van der Waals surface area contributed by atoms with Crippen molar-refractivity contribution in [2.45, 2.75) is 45.6 Å². The lowest BCUT2D eigenvalue weighted by Gasteiger charge is -2.35. The predicted octanol–water partition coefficient (Wildman–Crippen LogP) is 0.776. The topological polar surface area (TPSA) is 66.6 Å². The molecule has 0 aromatic rings. The molecular formula is C12H25N3O2S. The summed E-state index contributed by atoms with van der Waals surface area (Å²) in [5.74, 6) is 0. The average Bonchev–Trinajstić information content (AvgIpc) is 2.74. The van der Waals surface area contributed by atoms with Gasteiger partial charge in [0.15, 0.2) is 0 Å². The van der Waals surface area contributed by atoms with E-state index in [1.165, 1.54) is 0 Å². The smallest absolute Gasteiger partial charge is 0.282 e. The lowest BCUT2D eigenvalue weighted by atomic mass is 9.90. The van der Waals surface area contributed by atoms with E-state index in [9.17, 15) is 8.42 Å². The van der Waals surface area contributed by atoms with Crippen LogP contribution in [0.5, 0.6) is 0 Å². The maximum Gasteiger partial charge on any atom is 0.282 e. The molecule has 2 fully saturated rings. The Morgan fingerprint density at radius 1 is 1.33 bits per heavy atom. The van der Waals surface area contributed by atoms with Gasteiger partial charge in [-0.1, -0.05) is 13.3 Å². The monoisotopic (exact) mass is 275 g/mol. The van der Waals surface area contributed by atoms with E-state index in [-0.39, 0.29) is 11.5 Å². The molecule has 2 unspecified atom stereocenters. The van der Waals surface area contributed by atoms with Crippen molar-refractivity contribution in [2.75, 3.05) is 26.2 Å². The van der Waals surface area contributed by atoms with E-state index in [0.29, 0.717) is 26.2 Å². The van der Waals surface area contributed by atoms with Crippen LogP contribution in [-0.4, -0.2) is 49.2 Å². The van der Waals surface area contributed by atoms with Gasteiger partial charge in [0.25, 0.3) is 10.2 Å². The summed E-state index contributed by atoms with van der Waals surface area (Å²) in [7, 11) is -3.28. The van der Waals surface area contributed by atoms with Gasteiger partial charge in [-0.25, -0.2) is 0 Å². The fraction of sp³-hybridized carbons (Fsp3) is 1.00. The van der Waals surface area contributed by atoms with E-state index in [2.05, 4.69) is 6.92 Å². The van der Waals surface area contributed by atoms with Crippen LogP contribution in [0.15, 0.2) is 0 Å². The number of nitrogens with two attached hydrogens (primary N) is 1. The molecule has 5 nitrogen and oxygen atoms in total. The van der Waals surface area contributed by atoms with Gasteiger partial charge in [-0.15, -0.1) is 0 Å². The SMILES string of the molecule is CC1CCCCN1S(=O)(=O)N1CCC(C)(CN)C1. The third kappa shape index (κ3) is 2.57. The fourth-order valence-corrected chi connectivity index (χ4v) is 4.92. The molecule has 2 N–H and O–H groups in total. The van der Waals surface area contributed by atoms with Gasteiger partial charge in [0, 0.05) is 25.7 Å². The van der Waals surface area contributed by atoms with Gasteiger partial charge in [-0.2, -0.15) is 17.0 Å². The maximum atomic E-state index is 12.6. The molecule has 2 aliphatic rings. The minimum absolute atomic E-state index is 0.0495. The van der Waals surface area contributed by atoms with Gasteiger partial charge < -0.3 is 5.73 Å². The fourth-order valence-electron chi connectivity index (χ4n) is 2.90. The second-order valence-corrected chi connectivity index (χ2v) is 7.94.